The fraction of sp³-hybridized carbons (Fsp3) is 0.585. The number of benzene rings is 2. The topological polar surface area (TPSA) is 132 Å². The van der Waals surface area contributed by atoms with E-state index in [0.29, 0.717) is 82.0 Å². The van der Waals surface area contributed by atoms with Gasteiger partial charge in [0.05, 0.1) is 24.3 Å². The number of aromatic nitrogens is 2. The first-order valence-corrected chi connectivity index (χ1v) is 20.3. The van der Waals surface area contributed by atoms with E-state index in [4.69, 9.17) is 19.4 Å². The second-order valence-corrected chi connectivity index (χ2v) is 16.6. The molecule has 298 valence electrons. The molecule has 5 saturated heterocycles. The van der Waals surface area contributed by atoms with Crippen LogP contribution < -0.4 is 29.9 Å². The number of urea groups is 1. The highest BCUT2D eigenvalue weighted by Crippen LogP contribution is 2.42. The van der Waals surface area contributed by atoms with Gasteiger partial charge in [-0.25, -0.2) is 18.4 Å². The minimum Gasteiger partial charge on any atom is -0.461 e. The zero-order valence-electron chi connectivity index (χ0n) is 32.2. The van der Waals surface area contributed by atoms with Gasteiger partial charge in [-0.05, 0) is 94.3 Å². The van der Waals surface area contributed by atoms with E-state index in [1.54, 1.807) is 11.0 Å². The summed E-state index contributed by atoms with van der Waals surface area (Å²) in [5, 5.41) is 6.81. The van der Waals surface area contributed by atoms with Crippen LogP contribution in [-0.4, -0.2) is 107 Å². The molecule has 6 aliphatic heterocycles. The number of fused-ring (bicyclic) bond motifs is 3. The number of imide groups is 1. The third-order valence-electron chi connectivity index (χ3n) is 13.1. The molecule has 3 aromatic rings. The molecule has 2 aromatic carbocycles. The summed E-state index contributed by atoms with van der Waals surface area (Å²) in [4.78, 5) is 57.0. The number of hydrogen-bond donors (Lipinski definition) is 2. The fourth-order valence-corrected chi connectivity index (χ4v) is 10.3. The van der Waals surface area contributed by atoms with Crippen LogP contribution in [0.5, 0.6) is 11.8 Å². The lowest BCUT2D eigenvalue weighted by Crippen LogP contribution is -2.59. The van der Waals surface area contributed by atoms with Crippen LogP contribution in [0.15, 0.2) is 24.3 Å². The number of ether oxygens (including phenoxy) is 2. The van der Waals surface area contributed by atoms with Crippen LogP contribution >= 0.6 is 0 Å². The zero-order valence-corrected chi connectivity index (χ0v) is 32.2. The van der Waals surface area contributed by atoms with Crippen molar-refractivity contribution in [3.8, 4) is 11.8 Å². The van der Waals surface area contributed by atoms with Gasteiger partial charge < -0.3 is 29.5 Å². The highest BCUT2D eigenvalue weighted by molar-refractivity contribution is 6.07. The molecule has 5 fully saturated rings. The summed E-state index contributed by atoms with van der Waals surface area (Å²) in [7, 11) is 0. The first-order valence-electron chi connectivity index (χ1n) is 20.3. The Morgan fingerprint density at radius 2 is 1.89 bits per heavy atom. The second kappa shape index (κ2) is 14.3. The number of halogens is 2. The van der Waals surface area contributed by atoms with Crippen LogP contribution in [0.1, 0.15) is 82.0 Å². The molecule has 1 aromatic heterocycles. The lowest BCUT2D eigenvalue weighted by Gasteiger charge is -2.40. The lowest BCUT2D eigenvalue weighted by atomic mass is 9.88. The summed E-state index contributed by atoms with van der Waals surface area (Å²) < 4.78 is 42.7. The van der Waals surface area contributed by atoms with Gasteiger partial charge in [0.2, 0.25) is 0 Å². The summed E-state index contributed by atoms with van der Waals surface area (Å²) >= 11 is 0. The zero-order chi connectivity index (χ0) is 38.8. The number of carbonyl (C=O) groups is 3. The Kier molecular flexibility index (Phi) is 9.40. The molecule has 1 spiro atoms. The number of amides is 4. The molecule has 0 bridgehead atoms. The largest absolute Gasteiger partial charge is 0.461 e. The molecular weight excluding hydrogens is 722 g/mol. The highest BCUT2D eigenvalue weighted by Gasteiger charge is 2.51. The number of carbonyl (C=O) groups excluding carboxylic acids is 3. The summed E-state index contributed by atoms with van der Waals surface area (Å²) in [5.41, 5.74) is 1.48. The van der Waals surface area contributed by atoms with Gasteiger partial charge in [0.25, 0.3) is 5.91 Å². The summed E-state index contributed by atoms with van der Waals surface area (Å²) in [6.45, 7) is 7.82. The third kappa shape index (κ3) is 6.45. The molecule has 13 nitrogen and oxygen atoms in total. The van der Waals surface area contributed by atoms with E-state index in [0.717, 1.165) is 66.4 Å². The van der Waals surface area contributed by atoms with E-state index < -0.39 is 29.4 Å². The van der Waals surface area contributed by atoms with Crippen molar-refractivity contribution in [2.24, 2.45) is 0 Å². The molecule has 0 radical (unpaired) electrons. The Balaban J connectivity index is 1.08. The van der Waals surface area contributed by atoms with Gasteiger partial charge >= 0.3 is 18.1 Å². The van der Waals surface area contributed by atoms with Crippen molar-refractivity contribution >= 4 is 40.3 Å². The predicted molar refractivity (Wildman–Crippen MR) is 206 cm³/mol. The summed E-state index contributed by atoms with van der Waals surface area (Å²) in [6, 6.07) is 6.61. The Labute approximate surface area is 325 Å². The standard InChI is InChI=1S/C41H50F2N8O5/c1-3-29-31(43)10-9-26-18-28(56-39(54)51-16-5-4-8-25(51)2)19-33(34(26)29)48-17-11-30-32(22-48)44-38(55-24-40-12-6-15-50(40)21-27(42)20-40)45-35(30)49-14-7-13-41(23-49)36(52)46-37(53)47-41/h9-10,18-19,25,27H,3-8,11-17,20-24H2,1-2H3,(H2,46,47,52,53)/t25-,27+,40-,41+/m0/s1. The fourth-order valence-electron chi connectivity index (χ4n) is 10.3. The minimum atomic E-state index is -1.07. The van der Waals surface area contributed by atoms with Gasteiger partial charge in [-0.2, -0.15) is 9.97 Å². The number of alkyl halides is 1. The van der Waals surface area contributed by atoms with Crippen molar-refractivity contribution in [1.29, 1.82) is 0 Å². The number of hydrogen-bond acceptors (Lipinski definition) is 10. The van der Waals surface area contributed by atoms with Crippen LogP contribution in [0.3, 0.4) is 0 Å². The minimum absolute atomic E-state index is 0.0818. The van der Waals surface area contributed by atoms with E-state index >= 15 is 4.39 Å². The second-order valence-electron chi connectivity index (χ2n) is 16.6. The molecular formula is C41H50F2N8O5. The van der Waals surface area contributed by atoms with Gasteiger partial charge in [-0.1, -0.05) is 13.0 Å². The summed E-state index contributed by atoms with van der Waals surface area (Å²) in [5.74, 6) is 0.398. The van der Waals surface area contributed by atoms with E-state index in [1.807, 2.05) is 30.9 Å². The van der Waals surface area contributed by atoms with Gasteiger partial charge in [0.15, 0.2) is 0 Å². The number of nitrogens with one attached hydrogen (secondary N) is 2. The average molecular weight is 773 g/mol. The van der Waals surface area contributed by atoms with Crippen molar-refractivity contribution in [1.82, 2.24) is 30.4 Å². The number of aryl methyl sites for hydroxylation is 1. The van der Waals surface area contributed by atoms with E-state index in [9.17, 15) is 18.8 Å². The van der Waals surface area contributed by atoms with E-state index in [-0.39, 0.29) is 36.9 Å². The molecule has 0 aliphatic carbocycles. The predicted octanol–water partition coefficient (Wildman–Crippen LogP) is 5.40. The number of anilines is 2. The first kappa shape index (κ1) is 36.8. The Hall–Kier alpha value is -4.79. The highest BCUT2D eigenvalue weighted by atomic mass is 19.1. The number of likely N-dealkylation sites (tertiary alicyclic amines) is 1. The smallest absolute Gasteiger partial charge is 0.415 e. The molecule has 4 atom stereocenters. The first-order chi connectivity index (χ1) is 27.0. The van der Waals surface area contributed by atoms with Crippen molar-refractivity contribution in [2.45, 2.75) is 108 Å². The van der Waals surface area contributed by atoms with Gasteiger partial charge in [0.1, 0.15) is 35.7 Å². The molecule has 2 N–H and O–H groups in total. The molecule has 0 saturated carbocycles. The molecule has 56 heavy (non-hydrogen) atoms. The maximum Gasteiger partial charge on any atom is 0.415 e. The van der Waals surface area contributed by atoms with Crippen LogP contribution in [0, 0.1) is 5.82 Å². The number of rotatable bonds is 7. The molecule has 7 heterocycles. The van der Waals surface area contributed by atoms with E-state index in [2.05, 4.69) is 20.4 Å². The lowest BCUT2D eigenvalue weighted by molar-refractivity contribution is -0.124. The van der Waals surface area contributed by atoms with Gasteiger partial charge in [-0.3, -0.25) is 15.0 Å². The van der Waals surface area contributed by atoms with Crippen molar-refractivity contribution in [2.75, 3.05) is 55.7 Å². The Morgan fingerprint density at radius 3 is 2.70 bits per heavy atom. The molecule has 15 heteroatoms. The quantitative estimate of drug-likeness (QED) is 0.301. The van der Waals surface area contributed by atoms with Gasteiger partial charge in [-0.15, -0.1) is 0 Å². The van der Waals surface area contributed by atoms with Crippen molar-refractivity contribution < 1.29 is 32.6 Å². The Bertz CT molecular complexity index is 2090. The average Bonchev–Trinajstić information content (AvgIpc) is 3.81. The molecule has 9 rings (SSSR count). The van der Waals surface area contributed by atoms with Crippen molar-refractivity contribution in [3.63, 3.8) is 0 Å². The van der Waals surface area contributed by atoms with Crippen LogP contribution in [0.4, 0.5) is 29.9 Å². The SMILES string of the molecule is CCc1c(F)ccc2cc(OC(=O)N3CCCC[C@@H]3C)cc(N3CCc4c(nc(OC[C@@]56CCCN5C[C@H](F)C6)nc4N4CCC[C@]5(C4)NC(=O)NC5=O)C3)c12. The number of nitrogens with zero attached hydrogens (tertiary/aromatic N) is 6. The van der Waals surface area contributed by atoms with Gasteiger partial charge in [0, 0.05) is 61.3 Å². The monoisotopic (exact) mass is 772 g/mol. The molecule has 4 amide bonds. The maximum atomic E-state index is 15.5. The molecule has 6 aliphatic rings. The third-order valence-corrected chi connectivity index (χ3v) is 13.1. The van der Waals surface area contributed by atoms with E-state index in [1.165, 1.54) is 6.07 Å². The van der Waals surface area contributed by atoms with Crippen molar-refractivity contribution in [3.05, 3.63) is 46.9 Å². The van der Waals surface area contributed by atoms with Crippen LogP contribution in [0.2, 0.25) is 0 Å². The number of piperidine rings is 2. The molecule has 0 unspecified atom stereocenters. The Morgan fingerprint density at radius 1 is 1.04 bits per heavy atom. The van der Waals surface area contributed by atoms with Crippen LogP contribution in [0.25, 0.3) is 10.8 Å². The maximum absolute atomic E-state index is 15.5. The van der Waals surface area contributed by atoms with Crippen LogP contribution in [-0.2, 0) is 24.2 Å². The normalized spacial score (nSPS) is 27.8. The summed E-state index contributed by atoms with van der Waals surface area (Å²) in [6.07, 6.45) is 6.02.